The summed E-state index contributed by atoms with van der Waals surface area (Å²) in [5.41, 5.74) is 5.39. The van der Waals surface area contributed by atoms with Crippen molar-refractivity contribution in [1.29, 1.82) is 5.26 Å². The Bertz CT molecular complexity index is 1250. The fraction of sp³-hybridized carbons (Fsp3) is 0.370. The monoisotopic (exact) mass is 487 g/mol. The van der Waals surface area contributed by atoms with Crippen LogP contribution in [0, 0.1) is 18.3 Å². The largest absolute Gasteiger partial charge is 0.481 e. The molecule has 0 unspecified atom stereocenters. The van der Waals surface area contributed by atoms with Crippen LogP contribution in [-0.4, -0.2) is 53.5 Å². The van der Waals surface area contributed by atoms with Crippen LogP contribution in [0.2, 0.25) is 0 Å². The Hall–Kier alpha value is -4.19. The molecule has 1 atom stereocenters. The van der Waals surface area contributed by atoms with Gasteiger partial charge >= 0.3 is 0 Å². The van der Waals surface area contributed by atoms with E-state index in [1.807, 2.05) is 31.2 Å². The number of carbonyl (C=O) groups excluding carboxylic acids is 1. The number of benzene rings is 1. The summed E-state index contributed by atoms with van der Waals surface area (Å²) >= 11 is 0. The van der Waals surface area contributed by atoms with E-state index in [1.54, 1.807) is 44.7 Å². The molecular formula is C27H33N7O2. The molecule has 2 aromatic heterocycles. The van der Waals surface area contributed by atoms with Crippen molar-refractivity contribution >= 4 is 17.4 Å². The number of amides is 1. The van der Waals surface area contributed by atoms with Crippen molar-refractivity contribution in [2.45, 2.75) is 39.8 Å². The molecule has 9 nitrogen and oxygen atoms in total. The van der Waals surface area contributed by atoms with Gasteiger partial charge in [0.05, 0.1) is 36.5 Å². The third-order valence-corrected chi connectivity index (χ3v) is 6.17. The van der Waals surface area contributed by atoms with E-state index in [0.717, 1.165) is 41.0 Å². The molecule has 36 heavy (non-hydrogen) atoms. The molecule has 0 fully saturated rings. The van der Waals surface area contributed by atoms with E-state index in [1.165, 1.54) is 0 Å². The number of hydrogen-bond acceptors (Lipinski definition) is 8. The topological polar surface area (TPSA) is 107 Å². The van der Waals surface area contributed by atoms with Crippen molar-refractivity contribution in [3.63, 3.8) is 0 Å². The highest BCUT2D eigenvalue weighted by atomic mass is 16.5. The summed E-state index contributed by atoms with van der Waals surface area (Å²) in [6.07, 6.45) is 4.24. The Morgan fingerprint density at radius 3 is 2.72 bits per heavy atom. The molecule has 1 N–H and O–H groups in total. The molecule has 0 saturated heterocycles. The van der Waals surface area contributed by atoms with Gasteiger partial charge in [0.1, 0.15) is 18.2 Å². The van der Waals surface area contributed by atoms with Gasteiger partial charge in [-0.1, -0.05) is 19.6 Å². The second-order valence-corrected chi connectivity index (χ2v) is 8.77. The first-order valence-corrected chi connectivity index (χ1v) is 11.4. The highest BCUT2D eigenvalue weighted by Crippen LogP contribution is 2.32. The fourth-order valence-corrected chi connectivity index (χ4v) is 4.18. The van der Waals surface area contributed by atoms with Crippen molar-refractivity contribution < 1.29 is 9.53 Å². The summed E-state index contributed by atoms with van der Waals surface area (Å²) in [7, 11) is 5.05. The van der Waals surface area contributed by atoms with Crippen LogP contribution in [0.4, 0.5) is 11.5 Å². The third kappa shape index (κ3) is 5.71. The molecule has 3 heterocycles. The third-order valence-electron chi connectivity index (χ3n) is 6.17. The van der Waals surface area contributed by atoms with Gasteiger partial charge in [0.15, 0.2) is 0 Å². The summed E-state index contributed by atoms with van der Waals surface area (Å²) in [5, 5.41) is 13.2. The average Bonchev–Trinajstić information content (AvgIpc) is 2.88. The Morgan fingerprint density at radius 1 is 1.25 bits per heavy atom. The molecule has 4 rings (SSSR count). The molecule has 3 aromatic rings. The average molecular weight is 488 g/mol. The van der Waals surface area contributed by atoms with E-state index in [9.17, 15) is 10.1 Å². The number of rotatable bonds is 7. The first-order valence-electron chi connectivity index (χ1n) is 11.4. The quantitative estimate of drug-likeness (QED) is 0.535. The van der Waals surface area contributed by atoms with E-state index in [-0.39, 0.29) is 25.8 Å². The first kappa shape index (κ1) is 26.4. The molecule has 0 radical (unpaired) electrons. The highest BCUT2D eigenvalue weighted by molar-refractivity contribution is 5.77. The zero-order chi connectivity index (χ0) is 24.9. The van der Waals surface area contributed by atoms with Gasteiger partial charge < -0.3 is 19.9 Å². The summed E-state index contributed by atoms with van der Waals surface area (Å²) in [5.74, 6) is 1.17. The number of pyridine rings is 1. The number of aryl methyl sites for hydroxylation is 1. The lowest BCUT2D eigenvalue weighted by molar-refractivity contribution is -0.128. The predicted molar refractivity (Wildman–Crippen MR) is 140 cm³/mol. The first-order chi connectivity index (χ1) is 16.9. The van der Waals surface area contributed by atoms with E-state index < -0.39 is 0 Å². The van der Waals surface area contributed by atoms with Crippen LogP contribution < -0.4 is 15.0 Å². The Balaban J connectivity index is 0.00000361. The van der Waals surface area contributed by atoms with Crippen LogP contribution in [0.3, 0.4) is 0 Å². The smallest absolute Gasteiger partial charge is 0.224 e. The van der Waals surface area contributed by atoms with E-state index >= 15 is 0 Å². The number of nitriles is 1. The van der Waals surface area contributed by atoms with Crippen molar-refractivity contribution in [2.75, 3.05) is 38.0 Å². The summed E-state index contributed by atoms with van der Waals surface area (Å²) < 4.78 is 5.19. The molecule has 188 valence electrons. The van der Waals surface area contributed by atoms with E-state index in [2.05, 4.69) is 31.2 Å². The second-order valence-electron chi connectivity index (χ2n) is 8.77. The minimum absolute atomic E-state index is 0. The Labute approximate surface area is 212 Å². The van der Waals surface area contributed by atoms with Gasteiger partial charge in [-0.25, -0.2) is 15.0 Å². The standard InChI is InChI=1S/C26H29N7O2.CH4/c1-17-5-7-23(19(11-17)13-27)33-10-9-21-20(15-33)26(30-16-29-21)31-22(12-25(34)32(2)3)18-6-8-24(35-4)28-14-18;/h5-8,11,14,16,22H,9-10,12,15H2,1-4H3,(H,29,30,31);1H4/t22-;/m1./s1. The molecule has 1 aliphatic rings. The molecule has 9 heteroatoms. The predicted octanol–water partition coefficient (Wildman–Crippen LogP) is 3.89. The lowest BCUT2D eigenvalue weighted by atomic mass is 10.0. The van der Waals surface area contributed by atoms with Gasteiger partial charge in [-0.15, -0.1) is 0 Å². The molecule has 1 amide bonds. The molecule has 0 saturated carbocycles. The number of hydrogen-bond donors (Lipinski definition) is 1. The number of ether oxygens (including phenoxy) is 1. The van der Waals surface area contributed by atoms with Crippen LogP contribution in [0.25, 0.3) is 0 Å². The van der Waals surface area contributed by atoms with Gasteiger partial charge in [-0.05, 0) is 30.2 Å². The highest BCUT2D eigenvalue weighted by Gasteiger charge is 2.26. The van der Waals surface area contributed by atoms with Gasteiger partial charge in [0.25, 0.3) is 0 Å². The van der Waals surface area contributed by atoms with E-state index in [4.69, 9.17) is 4.74 Å². The number of fused-ring (bicyclic) bond motifs is 1. The number of nitrogens with zero attached hydrogens (tertiary/aromatic N) is 6. The summed E-state index contributed by atoms with van der Waals surface area (Å²) in [6.45, 7) is 3.30. The van der Waals surface area contributed by atoms with Gasteiger partial charge in [-0.2, -0.15) is 5.26 Å². The van der Waals surface area contributed by atoms with Crippen LogP contribution in [0.15, 0.2) is 42.9 Å². The van der Waals surface area contributed by atoms with Crippen molar-refractivity contribution in [3.8, 4) is 11.9 Å². The number of anilines is 2. The maximum absolute atomic E-state index is 12.6. The van der Waals surface area contributed by atoms with Crippen molar-refractivity contribution in [3.05, 3.63) is 70.8 Å². The maximum atomic E-state index is 12.6. The van der Waals surface area contributed by atoms with Crippen LogP contribution in [-0.2, 0) is 17.8 Å². The zero-order valence-electron chi connectivity index (χ0n) is 20.4. The SMILES string of the molecule is C.COc1ccc([C@@H](CC(=O)N(C)C)Nc2ncnc3c2CN(c2ccc(C)cc2C#N)CC3)cn1. The minimum atomic E-state index is -0.341. The number of aromatic nitrogens is 3. The zero-order valence-corrected chi connectivity index (χ0v) is 20.4. The molecule has 0 bridgehead atoms. The minimum Gasteiger partial charge on any atom is -0.481 e. The van der Waals surface area contributed by atoms with Crippen LogP contribution in [0.5, 0.6) is 5.88 Å². The molecule has 1 aromatic carbocycles. The van der Waals surface area contributed by atoms with Crippen LogP contribution in [0.1, 0.15) is 47.8 Å². The van der Waals surface area contributed by atoms with E-state index in [0.29, 0.717) is 23.8 Å². The summed E-state index contributed by atoms with van der Waals surface area (Å²) in [4.78, 5) is 29.8. The van der Waals surface area contributed by atoms with Crippen molar-refractivity contribution in [2.24, 2.45) is 0 Å². The van der Waals surface area contributed by atoms with Gasteiger partial charge in [0, 0.05) is 51.4 Å². The van der Waals surface area contributed by atoms with Gasteiger partial charge in [-0.3, -0.25) is 4.79 Å². The Kier molecular flexibility index (Phi) is 8.43. The second kappa shape index (κ2) is 11.5. The number of methoxy groups -OCH3 is 1. The molecule has 0 aliphatic carbocycles. The fourth-order valence-electron chi connectivity index (χ4n) is 4.18. The number of carbonyl (C=O) groups is 1. The lowest BCUT2D eigenvalue weighted by Crippen LogP contribution is -2.33. The Morgan fingerprint density at radius 2 is 2.06 bits per heavy atom. The summed E-state index contributed by atoms with van der Waals surface area (Å²) in [6, 6.07) is 11.6. The molecule has 0 spiro atoms. The van der Waals surface area contributed by atoms with Crippen molar-refractivity contribution in [1.82, 2.24) is 19.9 Å². The molecule has 1 aliphatic heterocycles. The normalized spacial score (nSPS) is 13.0. The van der Waals surface area contributed by atoms with Crippen LogP contribution >= 0.6 is 0 Å². The molecular weight excluding hydrogens is 454 g/mol. The lowest BCUT2D eigenvalue weighted by Gasteiger charge is -2.32. The number of nitrogens with one attached hydrogen (secondary N) is 1. The van der Waals surface area contributed by atoms with Gasteiger partial charge in [0.2, 0.25) is 11.8 Å². The maximum Gasteiger partial charge on any atom is 0.224 e.